The lowest BCUT2D eigenvalue weighted by molar-refractivity contribution is -0.125. The van der Waals surface area contributed by atoms with Crippen molar-refractivity contribution in [3.8, 4) is 0 Å². The molecule has 0 bridgehead atoms. The lowest BCUT2D eigenvalue weighted by atomic mass is 9.87. The van der Waals surface area contributed by atoms with Crippen molar-refractivity contribution in [3.63, 3.8) is 0 Å². The third kappa shape index (κ3) is 3.40. The first-order chi connectivity index (χ1) is 8.18. The normalized spacial score (nSPS) is 12.4. The monoisotopic (exact) mass is 269 g/mol. The summed E-state index contributed by atoms with van der Waals surface area (Å²) in [6.45, 7) is 5.47. The van der Waals surface area contributed by atoms with Gasteiger partial charge in [0, 0.05) is 11.8 Å². The number of carbonyl (C=O) groups excluding carboxylic acids is 1. The molecule has 0 aliphatic rings. The summed E-state index contributed by atoms with van der Waals surface area (Å²) < 4.78 is 25.9. The fraction of sp³-hybridized carbons (Fsp3) is 0.462. The van der Waals surface area contributed by atoms with Gasteiger partial charge in [-0.05, 0) is 18.7 Å². The van der Waals surface area contributed by atoms with E-state index in [0.29, 0.717) is 5.56 Å². The van der Waals surface area contributed by atoms with Crippen LogP contribution in [0.1, 0.15) is 26.3 Å². The number of hydrogen-bond acceptors (Lipinski definition) is 3. The van der Waals surface area contributed by atoms with Crippen LogP contribution in [0.15, 0.2) is 29.2 Å². The van der Waals surface area contributed by atoms with Crippen LogP contribution in [0.4, 0.5) is 0 Å². The minimum absolute atomic E-state index is 0.0150. The zero-order chi connectivity index (χ0) is 14.0. The summed E-state index contributed by atoms with van der Waals surface area (Å²) in [5, 5.41) is 0. The van der Waals surface area contributed by atoms with Crippen molar-refractivity contribution in [2.75, 3.05) is 7.05 Å². The molecular weight excluding hydrogens is 250 g/mol. The molecule has 1 aromatic rings. The van der Waals surface area contributed by atoms with Gasteiger partial charge in [0.15, 0.2) is 0 Å². The summed E-state index contributed by atoms with van der Waals surface area (Å²) in [5.74, 6) is 0.0150. The van der Waals surface area contributed by atoms with E-state index in [2.05, 4.69) is 4.72 Å². The highest BCUT2D eigenvalue weighted by atomic mass is 32.2. The SMILES string of the molecule is CNS(=O)(=O)c1ccccc1CC(=O)C(C)(C)C. The molecule has 1 rings (SSSR count). The van der Waals surface area contributed by atoms with Crippen LogP contribution in [-0.4, -0.2) is 21.2 Å². The second-order valence-electron chi connectivity index (χ2n) is 5.17. The molecule has 0 unspecified atom stereocenters. The first kappa shape index (κ1) is 14.9. The largest absolute Gasteiger partial charge is 0.299 e. The number of Topliss-reactive ketones (excluding diaryl/α,β-unsaturated/α-hetero) is 1. The van der Waals surface area contributed by atoms with E-state index in [9.17, 15) is 13.2 Å². The van der Waals surface area contributed by atoms with Gasteiger partial charge < -0.3 is 0 Å². The predicted molar refractivity (Wildman–Crippen MR) is 70.9 cm³/mol. The molecule has 0 fully saturated rings. The number of hydrogen-bond donors (Lipinski definition) is 1. The second-order valence-corrected chi connectivity index (χ2v) is 7.02. The molecule has 0 aliphatic heterocycles. The Labute approximate surface area is 108 Å². The van der Waals surface area contributed by atoms with E-state index in [4.69, 9.17) is 0 Å². The molecule has 0 radical (unpaired) electrons. The molecule has 0 amide bonds. The molecule has 1 N–H and O–H groups in total. The van der Waals surface area contributed by atoms with Crippen molar-refractivity contribution >= 4 is 15.8 Å². The fourth-order valence-corrected chi connectivity index (χ4v) is 2.42. The quantitative estimate of drug-likeness (QED) is 0.905. The van der Waals surface area contributed by atoms with Crippen molar-refractivity contribution in [3.05, 3.63) is 29.8 Å². The summed E-state index contributed by atoms with van der Waals surface area (Å²) in [7, 11) is -2.16. The van der Waals surface area contributed by atoms with E-state index in [1.807, 2.05) is 20.8 Å². The Hall–Kier alpha value is -1.20. The molecule has 0 aliphatic carbocycles. The Morgan fingerprint density at radius 2 is 1.78 bits per heavy atom. The lowest BCUT2D eigenvalue weighted by Crippen LogP contribution is -2.25. The highest BCUT2D eigenvalue weighted by Crippen LogP contribution is 2.21. The zero-order valence-electron chi connectivity index (χ0n) is 11.1. The van der Waals surface area contributed by atoms with Gasteiger partial charge in [-0.15, -0.1) is 0 Å². The third-order valence-electron chi connectivity index (χ3n) is 2.72. The van der Waals surface area contributed by atoms with Crippen molar-refractivity contribution < 1.29 is 13.2 Å². The standard InChI is InChI=1S/C13H19NO3S/c1-13(2,3)12(15)9-10-7-5-6-8-11(10)18(16,17)14-4/h5-8,14H,9H2,1-4H3. The van der Waals surface area contributed by atoms with Gasteiger partial charge in [0.25, 0.3) is 0 Å². The Kier molecular flexibility index (Phi) is 4.29. The summed E-state index contributed by atoms with van der Waals surface area (Å²) in [6, 6.07) is 6.57. The molecule has 0 spiro atoms. The van der Waals surface area contributed by atoms with Gasteiger partial charge in [-0.3, -0.25) is 4.79 Å². The van der Waals surface area contributed by atoms with Gasteiger partial charge in [-0.1, -0.05) is 39.0 Å². The molecule has 4 nitrogen and oxygen atoms in total. The van der Waals surface area contributed by atoms with Crippen LogP contribution in [0.5, 0.6) is 0 Å². The zero-order valence-corrected chi connectivity index (χ0v) is 12.0. The molecule has 100 valence electrons. The van der Waals surface area contributed by atoms with Crippen molar-refractivity contribution in [2.24, 2.45) is 5.41 Å². The smallest absolute Gasteiger partial charge is 0.240 e. The van der Waals surface area contributed by atoms with E-state index >= 15 is 0 Å². The maximum absolute atomic E-state index is 12.0. The predicted octanol–water partition coefficient (Wildman–Crippen LogP) is 1.75. The maximum Gasteiger partial charge on any atom is 0.240 e. The average molecular weight is 269 g/mol. The Morgan fingerprint density at radius 3 is 2.28 bits per heavy atom. The number of benzene rings is 1. The van der Waals surface area contributed by atoms with E-state index in [1.54, 1.807) is 18.2 Å². The van der Waals surface area contributed by atoms with Gasteiger partial charge in [0.05, 0.1) is 4.90 Å². The van der Waals surface area contributed by atoms with Crippen LogP contribution in [0, 0.1) is 5.41 Å². The highest BCUT2D eigenvalue weighted by Gasteiger charge is 2.24. The third-order valence-corrected chi connectivity index (χ3v) is 4.23. The first-order valence-electron chi connectivity index (χ1n) is 5.73. The van der Waals surface area contributed by atoms with Crippen molar-refractivity contribution in [2.45, 2.75) is 32.1 Å². The summed E-state index contributed by atoms with van der Waals surface area (Å²) in [6.07, 6.45) is 0.126. The van der Waals surface area contributed by atoms with Crippen LogP contribution in [0.2, 0.25) is 0 Å². The molecule has 1 aromatic carbocycles. The van der Waals surface area contributed by atoms with Crippen LogP contribution in [-0.2, 0) is 21.2 Å². The molecule has 0 aromatic heterocycles. The van der Waals surface area contributed by atoms with E-state index in [-0.39, 0.29) is 17.1 Å². The van der Waals surface area contributed by atoms with Gasteiger partial charge >= 0.3 is 0 Å². The fourth-order valence-electron chi connectivity index (χ4n) is 1.46. The Morgan fingerprint density at radius 1 is 1.22 bits per heavy atom. The van der Waals surface area contributed by atoms with E-state index in [0.717, 1.165) is 0 Å². The molecule has 0 heterocycles. The molecule has 0 saturated carbocycles. The average Bonchev–Trinajstić information content (AvgIpc) is 2.28. The number of nitrogens with one attached hydrogen (secondary N) is 1. The van der Waals surface area contributed by atoms with Crippen molar-refractivity contribution in [1.82, 2.24) is 4.72 Å². The minimum atomic E-state index is -3.52. The molecule has 0 atom stereocenters. The minimum Gasteiger partial charge on any atom is -0.299 e. The van der Waals surface area contributed by atoms with Crippen LogP contribution < -0.4 is 4.72 Å². The van der Waals surface area contributed by atoms with Crippen LogP contribution >= 0.6 is 0 Å². The van der Waals surface area contributed by atoms with Crippen LogP contribution in [0.3, 0.4) is 0 Å². The van der Waals surface area contributed by atoms with E-state index < -0.39 is 15.4 Å². The first-order valence-corrected chi connectivity index (χ1v) is 7.21. The maximum atomic E-state index is 12.0. The van der Waals surface area contributed by atoms with Gasteiger partial charge in [-0.2, -0.15) is 0 Å². The highest BCUT2D eigenvalue weighted by molar-refractivity contribution is 7.89. The molecule has 0 saturated heterocycles. The van der Waals surface area contributed by atoms with E-state index in [1.165, 1.54) is 13.1 Å². The molecule has 5 heteroatoms. The summed E-state index contributed by atoms with van der Waals surface area (Å²) >= 11 is 0. The molecular formula is C13H19NO3S. The van der Waals surface area contributed by atoms with Crippen molar-refractivity contribution in [1.29, 1.82) is 0 Å². The summed E-state index contributed by atoms with van der Waals surface area (Å²) in [5.41, 5.74) is 0.0584. The number of carbonyl (C=O) groups is 1. The number of ketones is 1. The lowest BCUT2D eigenvalue weighted by Gasteiger charge is -2.17. The number of sulfonamides is 1. The van der Waals surface area contributed by atoms with Crippen LogP contribution in [0.25, 0.3) is 0 Å². The topological polar surface area (TPSA) is 63.2 Å². The second kappa shape index (κ2) is 5.20. The molecule has 18 heavy (non-hydrogen) atoms. The van der Waals surface area contributed by atoms with Gasteiger partial charge in [-0.25, -0.2) is 13.1 Å². The number of rotatable bonds is 4. The van der Waals surface area contributed by atoms with Gasteiger partial charge in [0.2, 0.25) is 10.0 Å². The Balaban J connectivity index is 3.16. The van der Waals surface area contributed by atoms with Gasteiger partial charge in [0.1, 0.15) is 5.78 Å². The Bertz CT molecular complexity index is 542. The summed E-state index contributed by atoms with van der Waals surface area (Å²) in [4.78, 5) is 12.2.